The van der Waals surface area contributed by atoms with Crippen molar-refractivity contribution < 1.29 is 8.78 Å². The number of pyridine rings is 1. The number of hydrogen-bond donors (Lipinski definition) is 1. The lowest BCUT2D eigenvalue weighted by atomic mass is 9.80. The quantitative estimate of drug-likeness (QED) is 0.447. The second-order valence-electron chi connectivity index (χ2n) is 11.6. The zero-order valence-corrected chi connectivity index (χ0v) is 22.4. The van der Waals surface area contributed by atoms with Crippen LogP contribution in [0.5, 0.6) is 0 Å². The Labute approximate surface area is 218 Å². The number of aromatic nitrogens is 3. The molecule has 37 heavy (non-hydrogen) atoms. The molecule has 0 unspecified atom stereocenters. The van der Waals surface area contributed by atoms with Gasteiger partial charge < -0.3 is 15.1 Å². The molecule has 8 heteroatoms. The number of nitrogens with one attached hydrogen (secondary N) is 1. The minimum Gasteiger partial charge on any atom is -0.368 e. The van der Waals surface area contributed by atoms with Crippen molar-refractivity contribution in [3.63, 3.8) is 0 Å². The van der Waals surface area contributed by atoms with Crippen LogP contribution in [0.2, 0.25) is 0 Å². The molecule has 0 aliphatic carbocycles. The lowest BCUT2D eigenvalue weighted by Crippen LogP contribution is -2.44. The molecule has 2 aromatic heterocycles. The Kier molecular flexibility index (Phi) is 6.88. The van der Waals surface area contributed by atoms with Gasteiger partial charge in [-0.3, -0.25) is 0 Å². The molecule has 2 aliphatic rings. The van der Waals surface area contributed by atoms with Crippen LogP contribution in [-0.2, 0) is 6.42 Å². The third kappa shape index (κ3) is 5.44. The molecule has 0 saturated carbocycles. The van der Waals surface area contributed by atoms with Crippen LogP contribution < -0.4 is 10.2 Å². The molecule has 3 aromatic rings. The smallest absolute Gasteiger partial charge is 0.229 e. The van der Waals surface area contributed by atoms with E-state index in [1.54, 1.807) is 0 Å². The summed E-state index contributed by atoms with van der Waals surface area (Å²) in [5.41, 5.74) is 3.12. The van der Waals surface area contributed by atoms with Crippen LogP contribution in [-0.4, -0.2) is 52.6 Å². The summed E-state index contributed by atoms with van der Waals surface area (Å²) in [5.74, 6) is 0.392. The molecule has 2 aliphatic heterocycles. The van der Waals surface area contributed by atoms with Gasteiger partial charge in [0, 0.05) is 35.6 Å². The van der Waals surface area contributed by atoms with Gasteiger partial charge in [-0.25, -0.2) is 23.7 Å². The minimum absolute atomic E-state index is 0.0488. The normalized spacial score (nSPS) is 18.2. The number of hydrogen-bond acceptors (Lipinski definition) is 6. The molecule has 6 nitrogen and oxygen atoms in total. The maximum Gasteiger partial charge on any atom is 0.229 e. The van der Waals surface area contributed by atoms with Gasteiger partial charge in [-0.15, -0.1) is 0 Å². The van der Waals surface area contributed by atoms with Crippen LogP contribution in [0.1, 0.15) is 57.6 Å². The van der Waals surface area contributed by atoms with Gasteiger partial charge in [-0.2, -0.15) is 0 Å². The highest BCUT2D eigenvalue weighted by molar-refractivity contribution is 5.71. The first-order chi connectivity index (χ1) is 17.6. The first-order valence-electron chi connectivity index (χ1n) is 13.1. The van der Waals surface area contributed by atoms with E-state index in [1.807, 2.05) is 18.3 Å². The third-order valence-corrected chi connectivity index (χ3v) is 7.59. The predicted octanol–water partition coefficient (Wildman–Crippen LogP) is 6.17. The lowest BCUT2D eigenvalue weighted by Gasteiger charge is -2.43. The highest BCUT2D eigenvalue weighted by Crippen LogP contribution is 2.41. The van der Waals surface area contributed by atoms with E-state index in [-0.39, 0.29) is 28.9 Å². The Hall–Kier alpha value is -3.13. The summed E-state index contributed by atoms with van der Waals surface area (Å²) in [6, 6.07) is 7.42. The maximum absolute atomic E-state index is 15.4. The molecular formula is C29H36F2N6. The number of likely N-dealkylation sites (tertiary alicyclic amines) is 1. The minimum atomic E-state index is -0.595. The Morgan fingerprint density at radius 3 is 2.46 bits per heavy atom. The van der Waals surface area contributed by atoms with Gasteiger partial charge in [-0.05, 0) is 88.3 Å². The summed E-state index contributed by atoms with van der Waals surface area (Å²) in [4.78, 5) is 17.6. The lowest BCUT2D eigenvalue weighted by molar-refractivity contribution is 0.255. The molecule has 0 amide bonds. The van der Waals surface area contributed by atoms with Crippen molar-refractivity contribution in [3.05, 3.63) is 59.4 Å². The summed E-state index contributed by atoms with van der Waals surface area (Å²) in [7, 11) is 2.15. The fourth-order valence-electron chi connectivity index (χ4n) is 5.54. The van der Waals surface area contributed by atoms with Crippen LogP contribution >= 0.6 is 0 Å². The van der Waals surface area contributed by atoms with Gasteiger partial charge in [-0.1, -0.05) is 19.9 Å². The second kappa shape index (κ2) is 9.97. The van der Waals surface area contributed by atoms with E-state index in [0.29, 0.717) is 29.3 Å². The van der Waals surface area contributed by atoms with Gasteiger partial charge in [0.15, 0.2) is 5.82 Å². The molecule has 1 fully saturated rings. The van der Waals surface area contributed by atoms with E-state index in [0.717, 1.165) is 44.4 Å². The van der Waals surface area contributed by atoms with Gasteiger partial charge in [0.25, 0.3) is 0 Å². The van der Waals surface area contributed by atoms with E-state index in [1.165, 1.54) is 11.6 Å². The average molecular weight is 507 g/mol. The van der Waals surface area contributed by atoms with Crippen molar-refractivity contribution in [2.75, 3.05) is 36.9 Å². The zero-order chi connectivity index (χ0) is 26.3. The van der Waals surface area contributed by atoms with Crippen molar-refractivity contribution in [2.45, 2.75) is 58.9 Å². The molecule has 0 atom stereocenters. The first-order valence-corrected chi connectivity index (χ1v) is 13.1. The number of anilines is 3. The number of fused-ring (bicyclic) bond motifs is 1. The second-order valence-corrected chi connectivity index (χ2v) is 11.6. The molecule has 0 radical (unpaired) electrons. The number of piperidine rings is 1. The van der Waals surface area contributed by atoms with Crippen LogP contribution in [0.25, 0.3) is 11.3 Å². The van der Waals surface area contributed by atoms with Crippen molar-refractivity contribution >= 4 is 17.5 Å². The molecule has 4 heterocycles. The Morgan fingerprint density at radius 1 is 1.03 bits per heavy atom. The average Bonchev–Trinajstić information content (AvgIpc) is 2.86. The molecule has 0 bridgehead atoms. The van der Waals surface area contributed by atoms with Gasteiger partial charge in [0.1, 0.15) is 17.3 Å². The topological polar surface area (TPSA) is 57.2 Å². The van der Waals surface area contributed by atoms with E-state index in [9.17, 15) is 4.39 Å². The van der Waals surface area contributed by atoms with Crippen LogP contribution in [0.3, 0.4) is 0 Å². The van der Waals surface area contributed by atoms with Crippen molar-refractivity contribution in [2.24, 2.45) is 5.41 Å². The molecule has 1 aromatic carbocycles. The standard InChI is InChI=1S/C29H36F2N6/c1-18(2)37-17-29(3,4)14-22-23(30)12-21(13-25(22)37)27-24(31)16-33-28(35-27)34-26-7-6-20(15-32-26)19-8-10-36(5)11-9-19/h6-7,12-13,15-16,18-19H,8-11,14,17H2,1-5H3,(H,32,33,34,35). The molecule has 1 N–H and O–H groups in total. The number of nitrogens with zero attached hydrogens (tertiary/aromatic N) is 5. The summed E-state index contributed by atoms with van der Waals surface area (Å²) in [5, 5.41) is 3.08. The van der Waals surface area contributed by atoms with E-state index in [2.05, 4.69) is 70.9 Å². The molecular weight excluding hydrogens is 470 g/mol. The van der Waals surface area contributed by atoms with E-state index < -0.39 is 5.82 Å². The third-order valence-electron chi connectivity index (χ3n) is 7.59. The van der Waals surface area contributed by atoms with Crippen LogP contribution in [0, 0.1) is 17.0 Å². The number of benzene rings is 1. The summed E-state index contributed by atoms with van der Waals surface area (Å²) < 4.78 is 30.3. The maximum atomic E-state index is 15.4. The summed E-state index contributed by atoms with van der Waals surface area (Å²) in [6.45, 7) is 11.5. The fourth-order valence-corrected chi connectivity index (χ4v) is 5.54. The van der Waals surface area contributed by atoms with Crippen molar-refractivity contribution in [1.82, 2.24) is 19.9 Å². The Bertz CT molecular complexity index is 1270. The SMILES string of the molecule is CC(C)N1CC(C)(C)Cc2c(F)cc(-c3nc(Nc4ccc(C5CCN(C)CC5)cn4)ncc3F)cc21. The van der Waals surface area contributed by atoms with Crippen molar-refractivity contribution in [3.8, 4) is 11.3 Å². The fraction of sp³-hybridized carbons (Fsp3) is 0.483. The first kappa shape index (κ1) is 25.5. The highest BCUT2D eigenvalue weighted by atomic mass is 19.1. The monoisotopic (exact) mass is 506 g/mol. The van der Waals surface area contributed by atoms with E-state index in [4.69, 9.17) is 0 Å². The molecule has 1 saturated heterocycles. The molecule has 0 spiro atoms. The Morgan fingerprint density at radius 2 is 1.78 bits per heavy atom. The molecule has 196 valence electrons. The largest absolute Gasteiger partial charge is 0.368 e. The number of rotatable bonds is 5. The molecule has 5 rings (SSSR count). The number of halogens is 2. The summed E-state index contributed by atoms with van der Waals surface area (Å²) >= 11 is 0. The summed E-state index contributed by atoms with van der Waals surface area (Å²) in [6.07, 6.45) is 5.90. The Balaban J connectivity index is 1.41. The zero-order valence-electron chi connectivity index (χ0n) is 22.4. The van der Waals surface area contributed by atoms with Gasteiger partial charge >= 0.3 is 0 Å². The highest BCUT2D eigenvalue weighted by Gasteiger charge is 2.34. The van der Waals surface area contributed by atoms with Crippen LogP contribution in [0.15, 0.2) is 36.7 Å². The van der Waals surface area contributed by atoms with Gasteiger partial charge in [0.05, 0.1) is 6.20 Å². The van der Waals surface area contributed by atoms with Gasteiger partial charge in [0.2, 0.25) is 5.95 Å². The van der Waals surface area contributed by atoms with E-state index >= 15 is 4.39 Å². The van der Waals surface area contributed by atoms with Crippen molar-refractivity contribution in [1.29, 1.82) is 0 Å². The predicted molar refractivity (Wildman–Crippen MR) is 144 cm³/mol. The van der Waals surface area contributed by atoms with Crippen LogP contribution in [0.4, 0.5) is 26.2 Å².